The zero-order valence-electron chi connectivity index (χ0n) is 16.5. The van der Waals surface area contributed by atoms with Crippen LogP contribution in [0.5, 0.6) is 28.7 Å². The molecule has 2 rings (SSSR count). The third-order valence-corrected chi connectivity index (χ3v) is 4.15. The molecule has 0 radical (unpaired) electrons. The van der Waals surface area contributed by atoms with Gasteiger partial charge in [-0.25, -0.2) is 0 Å². The van der Waals surface area contributed by atoms with Crippen molar-refractivity contribution in [3.63, 3.8) is 0 Å². The van der Waals surface area contributed by atoms with Crippen molar-refractivity contribution in [2.24, 2.45) is 0 Å². The Morgan fingerprint density at radius 2 is 1.26 bits per heavy atom. The van der Waals surface area contributed by atoms with Crippen molar-refractivity contribution in [1.29, 1.82) is 0 Å². The van der Waals surface area contributed by atoms with Gasteiger partial charge in [-0.2, -0.15) is 0 Å². The quantitative estimate of drug-likeness (QED) is 0.707. The van der Waals surface area contributed by atoms with E-state index in [0.717, 1.165) is 5.56 Å². The molecule has 2 aromatic carbocycles. The lowest BCUT2D eigenvalue weighted by Crippen LogP contribution is -2.26. The predicted molar refractivity (Wildman–Crippen MR) is 101 cm³/mol. The topological polar surface area (TPSA) is 66.5 Å². The van der Waals surface area contributed by atoms with Crippen molar-refractivity contribution in [3.05, 3.63) is 41.5 Å². The summed E-state index contributed by atoms with van der Waals surface area (Å²) in [6.07, 6.45) is 0. The Balaban J connectivity index is 2.29. The first-order chi connectivity index (χ1) is 13.0. The van der Waals surface area contributed by atoms with Gasteiger partial charge >= 0.3 is 0 Å². The molecule has 0 saturated heterocycles. The van der Waals surface area contributed by atoms with E-state index in [2.05, 4.69) is 0 Å². The van der Waals surface area contributed by atoms with Crippen LogP contribution in [0.4, 0.5) is 0 Å². The Labute approximate surface area is 159 Å². The fourth-order valence-corrected chi connectivity index (χ4v) is 2.73. The van der Waals surface area contributed by atoms with Gasteiger partial charge in [0, 0.05) is 25.7 Å². The normalized spacial score (nSPS) is 10.1. The van der Waals surface area contributed by atoms with Crippen LogP contribution in [-0.4, -0.2) is 53.4 Å². The van der Waals surface area contributed by atoms with Gasteiger partial charge in [-0.3, -0.25) is 4.79 Å². The highest BCUT2D eigenvalue weighted by molar-refractivity contribution is 5.97. The van der Waals surface area contributed by atoms with Crippen LogP contribution in [0.2, 0.25) is 0 Å². The van der Waals surface area contributed by atoms with E-state index in [0.29, 0.717) is 40.9 Å². The van der Waals surface area contributed by atoms with Gasteiger partial charge in [0.2, 0.25) is 0 Å². The SMILES string of the molecule is COc1ccc(CN(C)C(=O)c2cc(OC)c(OC)cc2OC)cc1OC. The fraction of sp³-hybridized carbons (Fsp3) is 0.350. The summed E-state index contributed by atoms with van der Waals surface area (Å²) in [4.78, 5) is 14.6. The van der Waals surface area contributed by atoms with E-state index in [-0.39, 0.29) is 5.91 Å². The van der Waals surface area contributed by atoms with E-state index in [1.54, 1.807) is 38.3 Å². The minimum atomic E-state index is -0.206. The second kappa shape index (κ2) is 9.02. The molecule has 0 aliphatic heterocycles. The molecule has 0 aromatic heterocycles. The molecule has 0 N–H and O–H groups in total. The average molecular weight is 375 g/mol. The van der Waals surface area contributed by atoms with Gasteiger partial charge in [0.05, 0.1) is 41.1 Å². The minimum absolute atomic E-state index is 0.206. The summed E-state index contributed by atoms with van der Waals surface area (Å²) in [5.74, 6) is 2.41. The van der Waals surface area contributed by atoms with Crippen LogP contribution >= 0.6 is 0 Å². The van der Waals surface area contributed by atoms with Gasteiger partial charge < -0.3 is 28.6 Å². The summed E-state index contributed by atoms with van der Waals surface area (Å²) in [5, 5.41) is 0. The molecule has 146 valence electrons. The van der Waals surface area contributed by atoms with Crippen LogP contribution in [0.25, 0.3) is 0 Å². The Kier molecular flexibility index (Phi) is 6.76. The Morgan fingerprint density at radius 1 is 0.741 bits per heavy atom. The average Bonchev–Trinajstić information content (AvgIpc) is 2.71. The Hall–Kier alpha value is -3.09. The van der Waals surface area contributed by atoms with Crippen LogP contribution < -0.4 is 23.7 Å². The van der Waals surface area contributed by atoms with Crippen LogP contribution in [0.3, 0.4) is 0 Å². The molecule has 2 aromatic rings. The van der Waals surface area contributed by atoms with Gasteiger partial charge in [-0.05, 0) is 17.7 Å². The lowest BCUT2D eigenvalue weighted by molar-refractivity contribution is 0.0781. The number of hydrogen-bond donors (Lipinski definition) is 0. The van der Waals surface area contributed by atoms with E-state index < -0.39 is 0 Å². The van der Waals surface area contributed by atoms with Crippen LogP contribution in [0, 0.1) is 0 Å². The number of nitrogens with zero attached hydrogens (tertiary/aromatic N) is 1. The molecule has 0 saturated carbocycles. The van der Waals surface area contributed by atoms with Gasteiger partial charge in [0.1, 0.15) is 5.75 Å². The molecule has 0 aliphatic rings. The molecule has 0 aliphatic carbocycles. The second-order valence-electron chi connectivity index (χ2n) is 5.76. The third kappa shape index (κ3) is 4.36. The molecule has 7 heteroatoms. The van der Waals surface area contributed by atoms with E-state index in [1.165, 1.54) is 21.3 Å². The van der Waals surface area contributed by atoms with Gasteiger partial charge in [-0.15, -0.1) is 0 Å². The number of carbonyl (C=O) groups is 1. The predicted octanol–water partition coefficient (Wildman–Crippen LogP) is 3.00. The highest BCUT2D eigenvalue weighted by atomic mass is 16.5. The lowest BCUT2D eigenvalue weighted by atomic mass is 10.1. The molecular formula is C20H25NO6. The Bertz CT molecular complexity index is 805. The van der Waals surface area contributed by atoms with Crippen LogP contribution in [0.15, 0.2) is 30.3 Å². The molecule has 7 nitrogen and oxygen atoms in total. The van der Waals surface area contributed by atoms with Crippen molar-refractivity contribution in [2.75, 3.05) is 42.6 Å². The van der Waals surface area contributed by atoms with Gasteiger partial charge in [-0.1, -0.05) is 6.07 Å². The smallest absolute Gasteiger partial charge is 0.257 e. The third-order valence-electron chi connectivity index (χ3n) is 4.15. The van der Waals surface area contributed by atoms with Crippen LogP contribution in [0.1, 0.15) is 15.9 Å². The van der Waals surface area contributed by atoms with E-state index in [4.69, 9.17) is 23.7 Å². The molecule has 0 fully saturated rings. The number of benzene rings is 2. The van der Waals surface area contributed by atoms with Gasteiger partial charge in [0.25, 0.3) is 5.91 Å². The molecule has 0 atom stereocenters. The van der Waals surface area contributed by atoms with E-state index in [9.17, 15) is 4.79 Å². The number of carbonyl (C=O) groups excluding carboxylic acids is 1. The second-order valence-corrected chi connectivity index (χ2v) is 5.76. The van der Waals surface area contributed by atoms with Crippen molar-refractivity contribution in [2.45, 2.75) is 6.54 Å². The summed E-state index contributed by atoms with van der Waals surface area (Å²) in [6, 6.07) is 8.79. The highest BCUT2D eigenvalue weighted by Gasteiger charge is 2.21. The van der Waals surface area contributed by atoms with Gasteiger partial charge in [0.15, 0.2) is 23.0 Å². The maximum absolute atomic E-state index is 13.0. The zero-order chi connectivity index (χ0) is 20.0. The minimum Gasteiger partial charge on any atom is -0.496 e. The number of rotatable bonds is 8. The first-order valence-electron chi connectivity index (χ1n) is 8.25. The standard InChI is InChI=1S/C20H25NO6/c1-21(12-13-7-8-15(23-2)17(9-13)25-4)20(22)14-10-18(26-5)19(27-6)11-16(14)24-3/h7-11H,12H2,1-6H3. The first kappa shape index (κ1) is 20.2. The maximum atomic E-state index is 13.0. The lowest BCUT2D eigenvalue weighted by Gasteiger charge is -2.20. The molecule has 0 bridgehead atoms. The molecule has 27 heavy (non-hydrogen) atoms. The molecule has 0 heterocycles. The van der Waals surface area contributed by atoms with Crippen molar-refractivity contribution in [1.82, 2.24) is 4.90 Å². The molecule has 0 spiro atoms. The van der Waals surface area contributed by atoms with E-state index in [1.807, 2.05) is 18.2 Å². The zero-order valence-corrected chi connectivity index (χ0v) is 16.5. The van der Waals surface area contributed by atoms with Crippen LogP contribution in [-0.2, 0) is 6.54 Å². The van der Waals surface area contributed by atoms with E-state index >= 15 is 0 Å². The number of hydrogen-bond acceptors (Lipinski definition) is 6. The summed E-state index contributed by atoms with van der Waals surface area (Å²) in [5.41, 5.74) is 1.29. The van der Waals surface area contributed by atoms with Crippen molar-refractivity contribution < 1.29 is 28.5 Å². The number of ether oxygens (including phenoxy) is 5. The highest BCUT2D eigenvalue weighted by Crippen LogP contribution is 2.35. The molecular weight excluding hydrogens is 350 g/mol. The number of amides is 1. The summed E-state index contributed by atoms with van der Waals surface area (Å²) < 4.78 is 26.5. The van der Waals surface area contributed by atoms with Crippen molar-refractivity contribution in [3.8, 4) is 28.7 Å². The largest absolute Gasteiger partial charge is 0.496 e. The fourth-order valence-electron chi connectivity index (χ4n) is 2.73. The summed E-state index contributed by atoms with van der Waals surface area (Å²) >= 11 is 0. The number of methoxy groups -OCH3 is 5. The summed E-state index contributed by atoms with van der Waals surface area (Å²) in [6.45, 7) is 0.386. The Morgan fingerprint density at radius 3 is 1.81 bits per heavy atom. The molecule has 0 unspecified atom stereocenters. The maximum Gasteiger partial charge on any atom is 0.257 e. The van der Waals surface area contributed by atoms with Crippen molar-refractivity contribution >= 4 is 5.91 Å². The molecule has 1 amide bonds. The first-order valence-corrected chi connectivity index (χ1v) is 8.25. The summed E-state index contributed by atoms with van der Waals surface area (Å²) in [7, 11) is 9.43. The monoisotopic (exact) mass is 375 g/mol.